The fourth-order valence-corrected chi connectivity index (χ4v) is 5.16. The molecule has 0 aliphatic carbocycles. The summed E-state index contributed by atoms with van der Waals surface area (Å²) in [6.07, 6.45) is 8.46. The highest BCUT2D eigenvalue weighted by molar-refractivity contribution is 5.79. The minimum absolute atomic E-state index is 0.335. The smallest absolute Gasteiger partial charge is 0.227 e. The third-order valence-corrected chi connectivity index (χ3v) is 6.42. The first-order valence-corrected chi connectivity index (χ1v) is 10.8. The molecule has 1 N–H and O–H groups in total. The van der Waals surface area contributed by atoms with Crippen LogP contribution in [-0.4, -0.2) is 49.8 Å². The minimum Gasteiger partial charge on any atom is -0.381 e. The van der Waals surface area contributed by atoms with Crippen LogP contribution in [0.4, 0.5) is 17.6 Å². The molecule has 2 aliphatic heterocycles. The van der Waals surface area contributed by atoms with E-state index in [0.29, 0.717) is 24.2 Å². The summed E-state index contributed by atoms with van der Waals surface area (Å²) in [5.74, 6) is 3.31. The molecular weight excluding hydrogens is 378 g/mol. The maximum absolute atomic E-state index is 5.63. The lowest BCUT2D eigenvalue weighted by Gasteiger charge is -2.38. The Balaban J connectivity index is 1.41. The first-order chi connectivity index (χ1) is 14.5. The van der Waals surface area contributed by atoms with Crippen molar-refractivity contribution < 1.29 is 4.74 Å². The molecule has 2 saturated heterocycles. The highest BCUT2D eigenvalue weighted by Gasteiger charge is 2.42. The van der Waals surface area contributed by atoms with E-state index >= 15 is 0 Å². The summed E-state index contributed by atoms with van der Waals surface area (Å²) in [7, 11) is 1.82. The van der Waals surface area contributed by atoms with Crippen LogP contribution in [0.3, 0.4) is 0 Å². The number of piperidine rings is 1. The molecule has 8 heteroatoms. The standard InChI is InChI=1S/C22H29N7O/c1-13(2)28-14(3)25-18-12-24-21(11-19(18)28)26-20-7-8-23-22(27-20)29-15-5-6-16(29)10-17(9-15)30-4/h7-8,11-13,15-17H,5-6,9-10H2,1-4H3,(H,23,24,26,27)/t15-,16+,17+. The van der Waals surface area contributed by atoms with Crippen LogP contribution in [0.1, 0.15) is 51.4 Å². The summed E-state index contributed by atoms with van der Waals surface area (Å²) in [6, 6.07) is 5.19. The van der Waals surface area contributed by atoms with E-state index in [1.54, 1.807) is 0 Å². The molecule has 0 radical (unpaired) electrons. The SMILES string of the molecule is CO[C@H]1C[C@H]2CC[C@@H](C1)N2c1nccc(Nc2cc3c(cn2)nc(C)n3C(C)C)n1. The number of aryl methyl sites for hydroxylation is 1. The van der Waals surface area contributed by atoms with E-state index in [-0.39, 0.29) is 0 Å². The first-order valence-electron chi connectivity index (χ1n) is 10.8. The van der Waals surface area contributed by atoms with Crippen molar-refractivity contribution in [3.63, 3.8) is 0 Å². The quantitative estimate of drug-likeness (QED) is 0.684. The van der Waals surface area contributed by atoms with E-state index in [1.807, 2.05) is 38.6 Å². The van der Waals surface area contributed by atoms with E-state index in [0.717, 1.165) is 47.3 Å². The first kappa shape index (κ1) is 19.2. The molecule has 0 saturated carbocycles. The second-order valence-electron chi connectivity index (χ2n) is 8.67. The maximum Gasteiger partial charge on any atom is 0.227 e. The summed E-state index contributed by atoms with van der Waals surface area (Å²) in [5, 5.41) is 3.37. The molecule has 3 atom stereocenters. The molecule has 30 heavy (non-hydrogen) atoms. The van der Waals surface area contributed by atoms with Crippen LogP contribution in [-0.2, 0) is 4.74 Å². The molecule has 0 amide bonds. The van der Waals surface area contributed by atoms with Crippen LogP contribution in [0.5, 0.6) is 0 Å². The Labute approximate surface area is 176 Å². The van der Waals surface area contributed by atoms with Crippen molar-refractivity contribution in [3.05, 3.63) is 30.4 Å². The van der Waals surface area contributed by atoms with E-state index in [2.05, 4.69) is 43.6 Å². The third kappa shape index (κ3) is 3.29. The van der Waals surface area contributed by atoms with Crippen molar-refractivity contribution in [1.82, 2.24) is 24.5 Å². The molecule has 0 unspecified atom stereocenters. The van der Waals surface area contributed by atoms with Gasteiger partial charge in [0.2, 0.25) is 5.95 Å². The summed E-state index contributed by atoms with van der Waals surface area (Å²) in [5.41, 5.74) is 1.99. The van der Waals surface area contributed by atoms with Crippen molar-refractivity contribution in [2.75, 3.05) is 17.3 Å². The predicted octanol–water partition coefficient (Wildman–Crippen LogP) is 4.00. The number of aromatic nitrogens is 5. The minimum atomic E-state index is 0.335. The molecule has 5 rings (SSSR count). The Morgan fingerprint density at radius 1 is 1.10 bits per heavy atom. The number of methoxy groups -OCH3 is 1. The van der Waals surface area contributed by atoms with Crippen molar-refractivity contribution in [2.45, 2.75) is 70.7 Å². The average molecular weight is 408 g/mol. The van der Waals surface area contributed by atoms with Crippen LogP contribution >= 0.6 is 0 Å². The number of pyridine rings is 1. The van der Waals surface area contributed by atoms with Gasteiger partial charge in [0, 0.05) is 37.5 Å². The third-order valence-electron chi connectivity index (χ3n) is 6.42. The van der Waals surface area contributed by atoms with Crippen molar-refractivity contribution in [1.29, 1.82) is 0 Å². The van der Waals surface area contributed by atoms with Gasteiger partial charge in [0.25, 0.3) is 0 Å². The van der Waals surface area contributed by atoms with Gasteiger partial charge in [-0.2, -0.15) is 4.98 Å². The van der Waals surface area contributed by atoms with Crippen LogP contribution in [0.2, 0.25) is 0 Å². The topological polar surface area (TPSA) is 81.0 Å². The van der Waals surface area contributed by atoms with E-state index in [1.165, 1.54) is 12.8 Å². The lowest BCUT2D eigenvalue weighted by Crippen LogP contribution is -2.46. The van der Waals surface area contributed by atoms with Gasteiger partial charge < -0.3 is 19.5 Å². The number of hydrogen-bond donors (Lipinski definition) is 1. The van der Waals surface area contributed by atoms with E-state index < -0.39 is 0 Å². The number of imidazole rings is 1. The number of anilines is 3. The number of nitrogens with zero attached hydrogens (tertiary/aromatic N) is 6. The van der Waals surface area contributed by atoms with Crippen LogP contribution in [0, 0.1) is 6.92 Å². The zero-order valence-electron chi connectivity index (χ0n) is 18.0. The van der Waals surface area contributed by atoms with Crippen LogP contribution in [0.15, 0.2) is 24.5 Å². The zero-order valence-corrected chi connectivity index (χ0v) is 18.0. The van der Waals surface area contributed by atoms with Crippen molar-refractivity contribution in [2.24, 2.45) is 0 Å². The molecule has 3 aromatic rings. The molecule has 8 nitrogen and oxygen atoms in total. The Morgan fingerprint density at radius 2 is 1.87 bits per heavy atom. The number of ether oxygens (including phenoxy) is 1. The molecule has 2 bridgehead atoms. The molecule has 3 aromatic heterocycles. The molecule has 0 aromatic carbocycles. The lowest BCUT2D eigenvalue weighted by atomic mass is 10.0. The molecule has 158 valence electrons. The average Bonchev–Trinajstić information content (AvgIpc) is 3.20. The Bertz CT molecular complexity index is 1050. The van der Waals surface area contributed by atoms with Gasteiger partial charge in [-0.05, 0) is 52.5 Å². The summed E-state index contributed by atoms with van der Waals surface area (Å²) >= 11 is 0. The van der Waals surface area contributed by atoms with Gasteiger partial charge in [-0.25, -0.2) is 15.0 Å². The fraction of sp³-hybridized carbons (Fsp3) is 0.545. The number of nitrogens with one attached hydrogen (secondary N) is 1. The summed E-state index contributed by atoms with van der Waals surface area (Å²) in [4.78, 5) is 21.0. The summed E-state index contributed by atoms with van der Waals surface area (Å²) in [6.45, 7) is 6.36. The molecule has 5 heterocycles. The van der Waals surface area contributed by atoms with Gasteiger partial charge >= 0.3 is 0 Å². The van der Waals surface area contributed by atoms with Crippen molar-refractivity contribution >= 4 is 28.6 Å². The van der Waals surface area contributed by atoms with Gasteiger partial charge in [-0.3, -0.25) is 0 Å². The molecule has 2 fully saturated rings. The number of fused-ring (bicyclic) bond motifs is 3. The number of hydrogen-bond acceptors (Lipinski definition) is 7. The van der Waals surface area contributed by atoms with Crippen molar-refractivity contribution in [3.8, 4) is 0 Å². The Hall–Kier alpha value is -2.74. The second-order valence-corrected chi connectivity index (χ2v) is 8.67. The zero-order chi connectivity index (χ0) is 20.8. The maximum atomic E-state index is 5.63. The number of rotatable bonds is 5. The summed E-state index contributed by atoms with van der Waals surface area (Å²) < 4.78 is 7.85. The predicted molar refractivity (Wildman–Crippen MR) is 117 cm³/mol. The fourth-order valence-electron chi connectivity index (χ4n) is 5.16. The normalized spacial score (nSPS) is 23.5. The van der Waals surface area contributed by atoms with Gasteiger partial charge in [0.1, 0.15) is 23.0 Å². The monoisotopic (exact) mass is 407 g/mol. The molecule has 2 aliphatic rings. The largest absolute Gasteiger partial charge is 0.381 e. The Kier molecular flexibility index (Phi) is 4.81. The second kappa shape index (κ2) is 7.50. The lowest BCUT2D eigenvalue weighted by molar-refractivity contribution is 0.0680. The van der Waals surface area contributed by atoms with Crippen LogP contribution < -0.4 is 10.2 Å². The molecular formula is C22H29N7O. The van der Waals surface area contributed by atoms with Gasteiger partial charge in [0.05, 0.1) is 17.8 Å². The van der Waals surface area contributed by atoms with Gasteiger partial charge in [-0.1, -0.05) is 0 Å². The van der Waals surface area contributed by atoms with Crippen LogP contribution in [0.25, 0.3) is 11.0 Å². The van der Waals surface area contributed by atoms with Gasteiger partial charge in [0.15, 0.2) is 0 Å². The Morgan fingerprint density at radius 3 is 2.57 bits per heavy atom. The molecule has 0 spiro atoms. The highest BCUT2D eigenvalue weighted by atomic mass is 16.5. The van der Waals surface area contributed by atoms with E-state index in [4.69, 9.17) is 9.72 Å². The van der Waals surface area contributed by atoms with Gasteiger partial charge in [-0.15, -0.1) is 0 Å². The highest BCUT2D eigenvalue weighted by Crippen LogP contribution is 2.39. The van der Waals surface area contributed by atoms with E-state index in [9.17, 15) is 0 Å².